The van der Waals surface area contributed by atoms with Gasteiger partial charge in [-0.2, -0.15) is 0 Å². The van der Waals surface area contributed by atoms with E-state index in [0.717, 1.165) is 4.91 Å². The van der Waals surface area contributed by atoms with E-state index in [0.29, 0.717) is 5.71 Å². The SMILES string of the molecule is CSC1=CC=CC1=N. The minimum Gasteiger partial charge on any atom is -0.300 e. The van der Waals surface area contributed by atoms with Crippen molar-refractivity contribution in [3.8, 4) is 0 Å². The summed E-state index contributed by atoms with van der Waals surface area (Å²) in [5, 5.41) is 7.23. The lowest BCUT2D eigenvalue weighted by molar-refractivity contribution is 1.54. The summed E-state index contributed by atoms with van der Waals surface area (Å²) in [6.45, 7) is 0. The molecule has 2 heteroatoms. The monoisotopic (exact) mass is 125 g/mol. The number of hydrogen-bond donors (Lipinski definition) is 1. The van der Waals surface area contributed by atoms with Crippen LogP contribution < -0.4 is 0 Å². The van der Waals surface area contributed by atoms with Crippen molar-refractivity contribution in [2.75, 3.05) is 6.26 Å². The van der Waals surface area contributed by atoms with Crippen LogP contribution in [0.25, 0.3) is 0 Å². The number of thioether (sulfide) groups is 1. The van der Waals surface area contributed by atoms with Crippen molar-refractivity contribution in [3.05, 3.63) is 23.1 Å². The summed E-state index contributed by atoms with van der Waals surface area (Å²) in [6, 6.07) is 0. The van der Waals surface area contributed by atoms with Gasteiger partial charge in [0.05, 0.1) is 5.71 Å². The molecule has 0 unspecified atom stereocenters. The van der Waals surface area contributed by atoms with E-state index in [1.807, 2.05) is 18.4 Å². The Kier molecular flexibility index (Phi) is 1.53. The lowest BCUT2D eigenvalue weighted by Crippen LogP contribution is -1.85. The quantitative estimate of drug-likeness (QED) is 0.568. The van der Waals surface area contributed by atoms with E-state index >= 15 is 0 Å². The molecule has 0 aromatic heterocycles. The predicted molar refractivity (Wildman–Crippen MR) is 38.5 cm³/mol. The van der Waals surface area contributed by atoms with Crippen LogP contribution in [-0.2, 0) is 0 Å². The summed E-state index contributed by atoms with van der Waals surface area (Å²) >= 11 is 1.61. The number of rotatable bonds is 1. The Bertz CT molecular complexity index is 167. The zero-order valence-corrected chi connectivity index (χ0v) is 5.46. The molecule has 1 N–H and O–H groups in total. The average molecular weight is 125 g/mol. The third-order valence-electron chi connectivity index (χ3n) is 0.996. The second-order valence-electron chi connectivity index (χ2n) is 1.51. The number of hydrogen-bond acceptors (Lipinski definition) is 2. The number of allylic oxidation sites excluding steroid dienone is 4. The topological polar surface area (TPSA) is 23.9 Å². The molecular weight excluding hydrogens is 118 g/mol. The molecular formula is C6H7NS. The molecule has 1 aliphatic carbocycles. The Hall–Kier alpha value is -0.500. The maximum atomic E-state index is 7.23. The second kappa shape index (κ2) is 2.18. The Balaban J connectivity index is 2.73. The van der Waals surface area contributed by atoms with Gasteiger partial charge in [0, 0.05) is 4.91 Å². The highest BCUT2D eigenvalue weighted by molar-refractivity contribution is 8.03. The summed E-state index contributed by atoms with van der Waals surface area (Å²) in [4.78, 5) is 1.06. The fraction of sp³-hybridized carbons (Fsp3) is 0.167. The van der Waals surface area contributed by atoms with Gasteiger partial charge in [-0.25, -0.2) is 0 Å². The standard InChI is InChI=1S/C6H7NS/c1-8-6-4-2-3-5(6)7/h2-4,7H,1H3. The molecule has 0 aromatic carbocycles. The van der Waals surface area contributed by atoms with Gasteiger partial charge in [0.2, 0.25) is 0 Å². The molecule has 0 atom stereocenters. The van der Waals surface area contributed by atoms with Gasteiger partial charge in [-0.1, -0.05) is 6.08 Å². The van der Waals surface area contributed by atoms with E-state index in [4.69, 9.17) is 5.41 Å². The molecule has 0 spiro atoms. The second-order valence-corrected chi connectivity index (χ2v) is 2.36. The lowest BCUT2D eigenvalue weighted by Gasteiger charge is -1.91. The van der Waals surface area contributed by atoms with Crippen LogP contribution in [0, 0.1) is 5.41 Å². The lowest BCUT2D eigenvalue weighted by atomic mass is 10.4. The molecule has 0 saturated carbocycles. The molecule has 0 aliphatic heterocycles. The van der Waals surface area contributed by atoms with Gasteiger partial charge >= 0.3 is 0 Å². The summed E-state index contributed by atoms with van der Waals surface area (Å²) in [7, 11) is 0. The van der Waals surface area contributed by atoms with E-state index in [2.05, 4.69) is 0 Å². The maximum Gasteiger partial charge on any atom is 0.0675 e. The average Bonchev–Trinajstić information content (AvgIpc) is 2.14. The third-order valence-corrected chi connectivity index (χ3v) is 1.79. The van der Waals surface area contributed by atoms with Gasteiger partial charge in [0.15, 0.2) is 0 Å². The molecule has 1 aliphatic rings. The van der Waals surface area contributed by atoms with Crippen LogP contribution in [0.4, 0.5) is 0 Å². The van der Waals surface area contributed by atoms with Crippen LogP contribution in [0.2, 0.25) is 0 Å². The summed E-state index contributed by atoms with van der Waals surface area (Å²) in [5.74, 6) is 0. The predicted octanol–water partition coefficient (Wildman–Crippen LogP) is 1.82. The molecule has 1 nitrogen and oxygen atoms in total. The molecule has 0 fully saturated rings. The molecule has 0 bridgehead atoms. The van der Waals surface area contributed by atoms with Crippen molar-refractivity contribution in [3.63, 3.8) is 0 Å². The van der Waals surface area contributed by atoms with Crippen molar-refractivity contribution < 1.29 is 0 Å². The van der Waals surface area contributed by atoms with Crippen LogP contribution in [-0.4, -0.2) is 12.0 Å². The first kappa shape index (κ1) is 5.63. The van der Waals surface area contributed by atoms with Gasteiger partial charge in [0.1, 0.15) is 0 Å². The highest BCUT2D eigenvalue weighted by Gasteiger charge is 2.01. The normalized spacial score (nSPS) is 17.1. The molecule has 0 aromatic rings. The zero-order chi connectivity index (χ0) is 5.98. The summed E-state index contributed by atoms with van der Waals surface area (Å²) in [6.07, 6.45) is 7.63. The molecule has 0 radical (unpaired) electrons. The maximum absolute atomic E-state index is 7.23. The van der Waals surface area contributed by atoms with E-state index in [-0.39, 0.29) is 0 Å². The van der Waals surface area contributed by atoms with Crippen molar-refractivity contribution in [1.29, 1.82) is 5.41 Å². The third kappa shape index (κ3) is 0.842. The van der Waals surface area contributed by atoms with Gasteiger partial charge in [-0.05, 0) is 18.4 Å². The van der Waals surface area contributed by atoms with Crippen molar-refractivity contribution >= 4 is 17.5 Å². The Labute approximate surface area is 53.0 Å². The summed E-state index contributed by atoms with van der Waals surface area (Å²) < 4.78 is 0. The fourth-order valence-corrected chi connectivity index (χ4v) is 1.08. The van der Waals surface area contributed by atoms with Crippen LogP contribution in [0.3, 0.4) is 0 Å². The Morgan fingerprint density at radius 2 is 2.38 bits per heavy atom. The highest BCUT2D eigenvalue weighted by Crippen LogP contribution is 2.17. The van der Waals surface area contributed by atoms with E-state index in [1.165, 1.54) is 0 Å². The van der Waals surface area contributed by atoms with Crippen LogP contribution in [0.1, 0.15) is 0 Å². The molecule has 0 saturated heterocycles. The molecule has 42 valence electrons. The minimum atomic E-state index is 0.637. The highest BCUT2D eigenvalue weighted by atomic mass is 32.2. The molecule has 8 heavy (non-hydrogen) atoms. The molecule has 0 heterocycles. The smallest absolute Gasteiger partial charge is 0.0675 e. The Morgan fingerprint density at radius 3 is 2.62 bits per heavy atom. The van der Waals surface area contributed by atoms with Gasteiger partial charge in [-0.15, -0.1) is 11.8 Å². The van der Waals surface area contributed by atoms with Crippen molar-refractivity contribution in [1.82, 2.24) is 0 Å². The largest absolute Gasteiger partial charge is 0.300 e. The first-order valence-electron chi connectivity index (χ1n) is 2.36. The van der Waals surface area contributed by atoms with Crippen LogP contribution in [0.5, 0.6) is 0 Å². The summed E-state index contributed by atoms with van der Waals surface area (Å²) in [5.41, 5.74) is 0.637. The first-order valence-corrected chi connectivity index (χ1v) is 3.58. The molecule has 0 amide bonds. The van der Waals surface area contributed by atoms with E-state index in [1.54, 1.807) is 17.8 Å². The van der Waals surface area contributed by atoms with Gasteiger partial charge in [-0.3, -0.25) is 5.41 Å². The van der Waals surface area contributed by atoms with E-state index < -0.39 is 0 Å². The zero-order valence-electron chi connectivity index (χ0n) is 4.64. The van der Waals surface area contributed by atoms with E-state index in [9.17, 15) is 0 Å². The van der Waals surface area contributed by atoms with Gasteiger partial charge in [0.25, 0.3) is 0 Å². The van der Waals surface area contributed by atoms with Crippen molar-refractivity contribution in [2.45, 2.75) is 0 Å². The molecule has 1 rings (SSSR count). The van der Waals surface area contributed by atoms with Crippen molar-refractivity contribution in [2.24, 2.45) is 0 Å². The first-order chi connectivity index (χ1) is 3.84. The Morgan fingerprint density at radius 1 is 1.62 bits per heavy atom. The number of nitrogens with one attached hydrogen (secondary N) is 1. The van der Waals surface area contributed by atoms with Gasteiger partial charge < -0.3 is 0 Å². The fourth-order valence-electron chi connectivity index (χ4n) is 0.582. The van der Waals surface area contributed by atoms with Crippen LogP contribution in [0.15, 0.2) is 23.1 Å². The minimum absolute atomic E-state index is 0.637. The van der Waals surface area contributed by atoms with Crippen LogP contribution >= 0.6 is 11.8 Å².